The molecule has 118 valence electrons. The van der Waals surface area contributed by atoms with Crippen molar-refractivity contribution in [2.45, 2.75) is 64.7 Å². The van der Waals surface area contributed by atoms with Crippen LogP contribution in [0, 0.1) is 11.8 Å². The van der Waals surface area contributed by atoms with Crippen LogP contribution in [0.25, 0.3) is 0 Å². The van der Waals surface area contributed by atoms with Gasteiger partial charge in [0.15, 0.2) is 0 Å². The summed E-state index contributed by atoms with van der Waals surface area (Å²) >= 11 is 0. The molecule has 1 aliphatic carbocycles. The number of hydrogen-bond donors (Lipinski definition) is 1. The normalized spacial score (nSPS) is 28.1. The summed E-state index contributed by atoms with van der Waals surface area (Å²) in [6.07, 6.45) is -1.60. The lowest BCUT2D eigenvalue weighted by atomic mass is 9.76. The molecule has 3 unspecified atom stereocenters. The second kappa shape index (κ2) is 6.78. The van der Waals surface area contributed by atoms with Crippen LogP contribution < -0.4 is 0 Å². The first-order valence-corrected chi connectivity index (χ1v) is 7.21. The maximum atomic E-state index is 12.7. The number of carboxylic acid groups (broad SMARTS) is 1. The molecule has 3 atom stereocenters. The van der Waals surface area contributed by atoms with Gasteiger partial charge in [0.25, 0.3) is 0 Å². The zero-order valence-corrected chi connectivity index (χ0v) is 12.3. The highest BCUT2D eigenvalue weighted by Crippen LogP contribution is 2.36. The molecule has 1 rings (SSSR count). The number of hydrogen-bond acceptors (Lipinski definition) is 2. The van der Waals surface area contributed by atoms with E-state index in [0.29, 0.717) is 18.8 Å². The van der Waals surface area contributed by atoms with Crippen molar-refractivity contribution in [2.24, 2.45) is 11.8 Å². The Bertz CT molecular complexity index is 331. The van der Waals surface area contributed by atoms with Gasteiger partial charge in [-0.2, -0.15) is 13.2 Å². The molecule has 6 heteroatoms. The van der Waals surface area contributed by atoms with Crippen molar-refractivity contribution >= 4 is 5.97 Å². The van der Waals surface area contributed by atoms with Gasteiger partial charge in [-0.1, -0.05) is 13.3 Å². The Morgan fingerprint density at radius 2 is 1.95 bits per heavy atom. The summed E-state index contributed by atoms with van der Waals surface area (Å²) in [5, 5.41) is 9.29. The van der Waals surface area contributed by atoms with Crippen LogP contribution in [-0.4, -0.2) is 40.8 Å². The third-order valence-corrected chi connectivity index (χ3v) is 4.27. The topological polar surface area (TPSA) is 40.5 Å². The van der Waals surface area contributed by atoms with Crippen molar-refractivity contribution in [2.75, 3.05) is 6.54 Å². The third kappa shape index (κ3) is 4.65. The van der Waals surface area contributed by atoms with Crippen LogP contribution in [0.3, 0.4) is 0 Å². The zero-order chi connectivity index (χ0) is 15.5. The van der Waals surface area contributed by atoms with Crippen LogP contribution >= 0.6 is 0 Å². The van der Waals surface area contributed by atoms with Crippen molar-refractivity contribution in [1.82, 2.24) is 4.90 Å². The molecule has 0 radical (unpaired) electrons. The molecule has 0 heterocycles. The second-order valence-electron chi connectivity index (χ2n) is 5.98. The maximum absolute atomic E-state index is 12.7. The first-order valence-electron chi connectivity index (χ1n) is 7.21. The summed E-state index contributed by atoms with van der Waals surface area (Å²) in [6.45, 7) is 4.36. The van der Waals surface area contributed by atoms with Gasteiger partial charge >= 0.3 is 12.1 Å². The number of carbonyl (C=O) groups is 1. The van der Waals surface area contributed by atoms with E-state index in [1.54, 1.807) is 13.8 Å². The van der Waals surface area contributed by atoms with Crippen LogP contribution in [0.2, 0.25) is 0 Å². The van der Waals surface area contributed by atoms with Crippen molar-refractivity contribution in [1.29, 1.82) is 0 Å². The Labute approximate surface area is 118 Å². The molecule has 0 aromatic carbocycles. The molecule has 0 bridgehead atoms. The van der Waals surface area contributed by atoms with Crippen molar-refractivity contribution in [3.8, 4) is 0 Å². The summed E-state index contributed by atoms with van der Waals surface area (Å²) in [5.74, 6) is -1.34. The van der Waals surface area contributed by atoms with Gasteiger partial charge in [0.2, 0.25) is 0 Å². The van der Waals surface area contributed by atoms with E-state index >= 15 is 0 Å². The second-order valence-corrected chi connectivity index (χ2v) is 5.98. The van der Waals surface area contributed by atoms with E-state index < -0.39 is 30.7 Å². The number of aliphatic carboxylic acids is 1. The number of rotatable bonds is 5. The van der Waals surface area contributed by atoms with Crippen molar-refractivity contribution in [3.05, 3.63) is 0 Å². The maximum Gasteiger partial charge on any atom is 0.401 e. The smallest absolute Gasteiger partial charge is 0.401 e. The van der Waals surface area contributed by atoms with E-state index in [1.165, 1.54) is 4.90 Å². The SMILES string of the molecule is CCC1CCC(C(=O)O)C(N(CC(F)(F)F)C(C)C)C1. The van der Waals surface area contributed by atoms with Gasteiger partial charge < -0.3 is 5.11 Å². The lowest BCUT2D eigenvalue weighted by Gasteiger charge is -2.43. The first-order chi connectivity index (χ1) is 9.15. The standard InChI is InChI=1S/C14H24F3NO2/c1-4-10-5-6-11(13(19)20)12(7-10)18(9(2)3)8-14(15,16)17/h9-12H,4-8H2,1-3H3,(H,19,20). The molecule has 1 fully saturated rings. The molecule has 0 aromatic rings. The van der Waals surface area contributed by atoms with Gasteiger partial charge in [0, 0.05) is 12.1 Å². The average Bonchev–Trinajstić information content (AvgIpc) is 2.33. The fraction of sp³-hybridized carbons (Fsp3) is 0.929. The first kappa shape index (κ1) is 17.3. The molecule has 1 saturated carbocycles. The van der Waals surface area contributed by atoms with Crippen LogP contribution in [0.15, 0.2) is 0 Å². The van der Waals surface area contributed by atoms with E-state index in [4.69, 9.17) is 0 Å². The van der Waals surface area contributed by atoms with Gasteiger partial charge in [-0.3, -0.25) is 9.69 Å². The minimum Gasteiger partial charge on any atom is -0.481 e. The van der Waals surface area contributed by atoms with Gasteiger partial charge in [0.05, 0.1) is 12.5 Å². The lowest BCUT2D eigenvalue weighted by Crippen LogP contribution is -2.53. The Morgan fingerprint density at radius 3 is 2.35 bits per heavy atom. The molecule has 0 aliphatic heterocycles. The highest BCUT2D eigenvalue weighted by Gasteiger charge is 2.42. The van der Waals surface area contributed by atoms with E-state index in [0.717, 1.165) is 12.8 Å². The molecular weight excluding hydrogens is 271 g/mol. The minimum atomic E-state index is -4.30. The largest absolute Gasteiger partial charge is 0.481 e. The molecule has 3 nitrogen and oxygen atoms in total. The lowest BCUT2D eigenvalue weighted by molar-refractivity contribution is -0.167. The van der Waals surface area contributed by atoms with Crippen LogP contribution in [0.1, 0.15) is 46.5 Å². The molecule has 0 saturated heterocycles. The molecule has 0 spiro atoms. The Kier molecular flexibility index (Phi) is 5.86. The van der Waals surface area contributed by atoms with Crippen LogP contribution in [0.5, 0.6) is 0 Å². The molecule has 0 amide bonds. The fourth-order valence-corrected chi connectivity index (χ4v) is 3.15. The molecule has 0 aromatic heterocycles. The zero-order valence-electron chi connectivity index (χ0n) is 12.3. The predicted octanol–water partition coefficient (Wildman–Crippen LogP) is 3.54. The monoisotopic (exact) mass is 295 g/mol. The third-order valence-electron chi connectivity index (χ3n) is 4.27. The van der Waals surface area contributed by atoms with Crippen LogP contribution in [0.4, 0.5) is 13.2 Å². The molecule has 1 N–H and O–H groups in total. The average molecular weight is 295 g/mol. The summed E-state index contributed by atoms with van der Waals surface area (Å²) in [7, 11) is 0. The fourth-order valence-electron chi connectivity index (χ4n) is 3.15. The van der Waals surface area contributed by atoms with Crippen molar-refractivity contribution in [3.63, 3.8) is 0 Å². The summed E-state index contributed by atoms with van der Waals surface area (Å²) in [5.41, 5.74) is 0. The summed E-state index contributed by atoms with van der Waals surface area (Å²) in [4.78, 5) is 12.7. The van der Waals surface area contributed by atoms with E-state index in [9.17, 15) is 23.1 Å². The summed E-state index contributed by atoms with van der Waals surface area (Å²) in [6, 6.07) is -0.841. The number of carboxylic acids is 1. The summed E-state index contributed by atoms with van der Waals surface area (Å²) < 4.78 is 38.2. The van der Waals surface area contributed by atoms with Gasteiger partial charge in [-0.05, 0) is 39.0 Å². The Morgan fingerprint density at radius 1 is 1.35 bits per heavy atom. The Hall–Kier alpha value is -0.780. The van der Waals surface area contributed by atoms with Crippen LogP contribution in [-0.2, 0) is 4.79 Å². The Balaban J connectivity index is 2.94. The van der Waals surface area contributed by atoms with Crippen molar-refractivity contribution < 1.29 is 23.1 Å². The van der Waals surface area contributed by atoms with E-state index in [1.807, 2.05) is 6.92 Å². The quantitative estimate of drug-likeness (QED) is 0.843. The highest BCUT2D eigenvalue weighted by atomic mass is 19.4. The molecular formula is C14H24F3NO2. The van der Waals surface area contributed by atoms with E-state index in [-0.39, 0.29) is 6.04 Å². The predicted molar refractivity (Wildman–Crippen MR) is 70.4 cm³/mol. The van der Waals surface area contributed by atoms with E-state index in [2.05, 4.69) is 0 Å². The number of halogens is 3. The minimum absolute atomic E-state index is 0.320. The van der Waals surface area contributed by atoms with Gasteiger partial charge in [-0.15, -0.1) is 0 Å². The highest BCUT2D eigenvalue weighted by molar-refractivity contribution is 5.71. The molecule has 20 heavy (non-hydrogen) atoms. The van der Waals surface area contributed by atoms with Gasteiger partial charge in [0.1, 0.15) is 0 Å². The van der Waals surface area contributed by atoms with Gasteiger partial charge in [-0.25, -0.2) is 0 Å². The molecule has 1 aliphatic rings. The number of alkyl halides is 3. The number of nitrogens with zero attached hydrogens (tertiary/aromatic N) is 1.